The van der Waals surface area contributed by atoms with E-state index in [-0.39, 0.29) is 17.1 Å². The van der Waals surface area contributed by atoms with Crippen LogP contribution in [0.15, 0.2) is 79.1 Å². The summed E-state index contributed by atoms with van der Waals surface area (Å²) in [4.78, 5) is 29.4. The monoisotopic (exact) mass is 429 g/mol. The number of benzene rings is 2. The molecule has 7 nitrogen and oxygen atoms in total. The predicted molar refractivity (Wildman–Crippen MR) is 119 cm³/mol. The fraction of sp³-hybridized carbons (Fsp3) is 0.125. The number of nitrogens with zero attached hydrogens (tertiary/aromatic N) is 3. The lowest BCUT2D eigenvalue weighted by molar-refractivity contribution is -0.123. The first-order valence-corrected chi connectivity index (χ1v) is 10.3. The van der Waals surface area contributed by atoms with Crippen molar-refractivity contribution in [2.75, 3.05) is 5.32 Å². The van der Waals surface area contributed by atoms with E-state index in [0.29, 0.717) is 11.3 Å². The van der Waals surface area contributed by atoms with Crippen LogP contribution < -0.4 is 10.6 Å². The van der Waals surface area contributed by atoms with Gasteiger partial charge in [-0.05, 0) is 36.8 Å². The normalized spacial score (nSPS) is 13.8. The summed E-state index contributed by atoms with van der Waals surface area (Å²) in [6, 6.07) is 13.4. The zero-order valence-electron chi connectivity index (χ0n) is 17.1. The zero-order chi connectivity index (χ0) is 22.1. The van der Waals surface area contributed by atoms with Gasteiger partial charge in [0.25, 0.3) is 11.8 Å². The number of amides is 2. The number of carbonyl (C=O) groups is 2. The second-order valence-electron chi connectivity index (χ2n) is 7.57. The van der Waals surface area contributed by atoms with Crippen molar-refractivity contribution in [3.8, 4) is 0 Å². The molecule has 0 aliphatic carbocycles. The third-order valence-corrected chi connectivity index (χ3v) is 5.48. The van der Waals surface area contributed by atoms with E-state index in [0.717, 1.165) is 30.4 Å². The molecule has 1 aliphatic rings. The quantitative estimate of drug-likeness (QED) is 0.441. The molecule has 5 rings (SSSR count). The van der Waals surface area contributed by atoms with Crippen LogP contribution in [0, 0.1) is 5.82 Å². The number of anilines is 1. The number of imide groups is 1. The van der Waals surface area contributed by atoms with Crippen LogP contribution in [0.5, 0.6) is 0 Å². The number of fused-ring (bicyclic) bond motifs is 1. The summed E-state index contributed by atoms with van der Waals surface area (Å²) in [6.45, 7) is 1.56. The summed E-state index contributed by atoms with van der Waals surface area (Å²) in [5, 5.41) is 6.25. The highest BCUT2D eigenvalue weighted by Crippen LogP contribution is 2.32. The Morgan fingerprint density at radius 1 is 1.00 bits per heavy atom. The summed E-state index contributed by atoms with van der Waals surface area (Å²) in [6.07, 6.45) is 8.25. The zero-order valence-corrected chi connectivity index (χ0v) is 17.1. The number of hydrogen-bond donors (Lipinski definition) is 2. The van der Waals surface area contributed by atoms with Gasteiger partial charge in [-0.2, -0.15) is 0 Å². The maximum atomic E-state index is 13.3. The molecule has 4 aromatic rings. The summed E-state index contributed by atoms with van der Waals surface area (Å²) < 4.78 is 17.4. The first-order valence-electron chi connectivity index (χ1n) is 10.3. The van der Waals surface area contributed by atoms with E-state index in [1.807, 2.05) is 41.2 Å². The maximum Gasteiger partial charge on any atom is 0.275 e. The van der Waals surface area contributed by atoms with Gasteiger partial charge in [-0.1, -0.05) is 18.2 Å². The van der Waals surface area contributed by atoms with Gasteiger partial charge in [0.15, 0.2) is 0 Å². The summed E-state index contributed by atoms with van der Waals surface area (Å²) >= 11 is 0. The largest absolute Gasteiger partial charge is 0.350 e. The number of imidazole rings is 1. The van der Waals surface area contributed by atoms with Crippen molar-refractivity contribution >= 4 is 34.0 Å². The molecule has 2 aromatic heterocycles. The SMILES string of the molecule is O=C1NC(=O)C(c2cn(CCCn3ccnc3)c3ccccc23)=C1Nc1ccc(F)cc1. The van der Waals surface area contributed by atoms with Gasteiger partial charge in [0, 0.05) is 53.8 Å². The van der Waals surface area contributed by atoms with E-state index in [2.05, 4.69) is 20.2 Å². The molecule has 2 N–H and O–H groups in total. The fourth-order valence-electron chi connectivity index (χ4n) is 3.98. The summed E-state index contributed by atoms with van der Waals surface area (Å²) in [5.41, 5.74) is 2.62. The van der Waals surface area contributed by atoms with Crippen LogP contribution in [-0.2, 0) is 22.7 Å². The number of hydrogen-bond acceptors (Lipinski definition) is 4. The Kier molecular flexibility index (Phi) is 5.03. The highest BCUT2D eigenvalue weighted by atomic mass is 19.1. The Balaban J connectivity index is 1.52. The van der Waals surface area contributed by atoms with Gasteiger partial charge in [-0.15, -0.1) is 0 Å². The van der Waals surface area contributed by atoms with Crippen LogP contribution in [0.3, 0.4) is 0 Å². The molecule has 0 saturated carbocycles. The molecule has 2 amide bonds. The molecule has 160 valence electrons. The second-order valence-corrected chi connectivity index (χ2v) is 7.57. The lowest BCUT2D eigenvalue weighted by Gasteiger charge is -2.07. The highest BCUT2D eigenvalue weighted by molar-refractivity contribution is 6.38. The number of rotatable bonds is 7. The number of aromatic nitrogens is 3. The molecule has 0 bridgehead atoms. The predicted octanol–water partition coefficient (Wildman–Crippen LogP) is 3.55. The fourth-order valence-corrected chi connectivity index (χ4v) is 3.98. The van der Waals surface area contributed by atoms with Crippen molar-refractivity contribution in [2.24, 2.45) is 0 Å². The molecule has 0 radical (unpaired) electrons. The van der Waals surface area contributed by atoms with Crippen LogP contribution in [0.1, 0.15) is 12.0 Å². The molecule has 2 aromatic carbocycles. The minimum absolute atomic E-state index is 0.155. The number of nitrogens with one attached hydrogen (secondary N) is 2. The van der Waals surface area contributed by atoms with Gasteiger partial charge < -0.3 is 14.5 Å². The van der Waals surface area contributed by atoms with Crippen LogP contribution in [0.2, 0.25) is 0 Å². The van der Waals surface area contributed by atoms with Crippen molar-refractivity contribution in [3.05, 3.63) is 90.5 Å². The third kappa shape index (κ3) is 3.66. The van der Waals surface area contributed by atoms with Gasteiger partial charge in [0.2, 0.25) is 0 Å². The van der Waals surface area contributed by atoms with Crippen LogP contribution in [-0.4, -0.2) is 25.9 Å². The van der Waals surface area contributed by atoms with Gasteiger partial charge in [0.1, 0.15) is 11.5 Å². The maximum absolute atomic E-state index is 13.3. The highest BCUT2D eigenvalue weighted by Gasteiger charge is 2.33. The van der Waals surface area contributed by atoms with Crippen molar-refractivity contribution < 1.29 is 14.0 Å². The van der Waals surface area contributed by atoms with E-state index >= 15 is 0 Å². The summed E-state index contributed by atoms with van der Waals surface area (Å²) in [5.74, 6) is -1.34. The Morgan fingerprint density at radius 2 is 1.81 bits per heavy atom. The standard InChI is InChI=1S/C24H20FN5O2/c25-16-6-8-17(9-7-16)27-22-21(23(31)28-24(22)32)19-14-30(20-5-2-1-4-18(19)20)12-3-11-29-13-10-26-15-29/h1-2,4-10,13-15H,3,11-12H2,(H2,27,28,31,32). The number of aryl methyl sites for hydroxylation is 2. The Morgan fingerprint density at radius 3 is 2.59 bits per heavy atom. The van der Waals surface area contributed by atoms with Gasteiger partial charge in [0.05, 0.1) is 11.9 Å². The van der Waals surface area contributed by atoms with E-state index in [4.69, 9.17) is 0 Å². The van der Waals surface area contributed by atoms with E-state index in [1.165, 1.54) is 24.3 Å². The Hall–Kier alpha value is -4.20. The smallest absolute Gasteiger partial charge is 0.275 e. The molecule has 1 aliphatic heterocycles. The van der Waals surface area contributed by atoms with Gasteiger partial charge in [-0.25, -0.2) is 9.37 Å². The molecule has 32 heavy (non-hydrogen) atoms. The molecule has 3 heterocycles. The van der Waals surface area contributed by atoms with Crippen molar-refractivity contribution in [1.29, 1.82) is 0 Å². The minimum Gasteiger partial charge on any atom is -0.350 e. The molecular weight excluding hydrogens is 409 g/mol. The Bertz CT molecular complexity index is 1340. The number of carbonyl (C=O) groups excluding carboxylic acids is 2. The first kappa shape index (κ1) is 19.7. The minimum atomic E-state index is -0.508. The molecule has 0 spiro atoms. The van der Waals surface area contributed by atoms with Crippen molar-refractivity contribution in [3.63, 3.8) is 0 Å². The first-order chi connectivity index (χ1) is 15.6. The molecule has 0 saturated heterocycles. The second kappa shape index (κ2) is 8.14. The lowest BCUT2D eigenvalue weighted by atomic mass is 10.0. The van der Waals surface area contributed by atoms with E-state index < -0.39 is 11.8 Å². The molecule has 0 atom stereocenters. The van der Waals surface area contributed by atoms with E-state index in [9.17, 15) is 14.0 Å². The molecule has 0 unspecified atom stereocenters. The summed E-state index contributed by atoms with van der Waals surface area (Å²) in [7, 11) is 0. The number of halogens is 1. The third-order valence-electron chi connectivity index (χ3n) is 5.48. The number of para-hydroxylation sites is 1. The van der Waals surface area contributed by atoms with Crippen molar-refractivity contribution in [2.45, 2.75) is 19.5 Å². The topological polar surface area (TPSA) is 81.0 Å². The van der Waals surface area contributed by atoms with Crippen LogP contribution in [0.4, 0.5) is 10.1 Å². The van der Waals surface area contributed by atoms with E-state index in [1.54, 1.807) is 12.5 Å². The van der Waals surface area contributed by atoms with Crippen LogP contribution >= 0.6 is 0 Å². The average Bonchev–Trinajstić information content (AvgIpc) is 3.49. The average molecular weight is 429 g/mol. The Labute approximate surface area is 183 Å². The van der Waals surface area contributed by atoms with Crippen LogP contribution in [0.25, 0.3) is 16.5 Å². The lowest BCUT2D eigenvalue weighted by Crippen LogP contribution is -2.24. The van der Waals surface area contributed by atoms with Gasteiger partial charge >= 0.3 is 0 Å². The molecule has 0 fully saturated rings. The molecular formula is C24H20FN5O2. The molecule has 8 heteroatoms. The van der Waals surface area contributed by atoms with Gasteiger partial charge in [-0.3, -0.25) is 14.9 Å². The van der Waals surface area contributed by atoms with Crippen molar-refractivity contribution in [1.82, 2.24) is 19.4 Å².